The van der Waals surface area contributed by atoms with Crippen LogP contribution in [-0.4, -0.2) is 62.6 Å². The van der Waals surface area contributed by atoms with Crippen LogP contribution >= 0.6 is 0 Å². The van der Waals surface area contributed by atoms with Gasteiger partial charge in [0.1, 0.15) is 0 Å². The molecule has 2 aliphatic heterocycles. The van der Waals surface area contributed by atoms with Gasteiger partial charge in [-0.1, -0.05) is 24.3 Å². The van der Waals surface area contributed by atoms with Crippen molar-refractivity contribution in [2.75, 3.05) is 54.0 Å². The molecule has 6 heteroatoms. The summed E-state index contributed by atoms with van der Waals surface area (Å²) in [6.45, 7) is 9.82. The van der Waals surface area contributed by atoms with Crippen LogP contribution in [0.25, 0.3) is 11.1 Å². The van der Waals surface area contributed by atoms with Crippen LogP contribution in [0.15, 0.2) is 72.8 Å². The zero-order chi connectivity index (χ0) is 24.4. The summed E-state index contributed by atoms with van der Waals surface area (Å²) in [6, 6.07) is 24.9. The van der Waals surface area contributed by atoms with Crippen LogP contribution in [0.3, 0.4) is 0 Å². The molecular weight excluding hydrogens is 438 g/mol. The predicted molar refractivity (Wildman–Crippen MR) is 142 cm³/mol. The van der Waals surface area contributed by atoms with E-state index in [0.29, 0.717) is 5.56 Å². The van der Waals surface area contributed by atoms with Gasteiger partial charge in [-0.25, -0.2) is 4.79 Å². The summed E-state index contributed by atoms with van der Waals surface area (Å²) >= 11 is 0. The van der Waals surface area contributed by atoms with Crippen LogP contribution < -0.4 is 14.7 Å². The Morgan fingerprint density at radius 2 is 1.03 bits per heavy atom. The minimum Gasteiger partial charge on any atom is -0.478 e. The van der Waals surface area contributed by atoms with E-state index in [2.05, 4.69) is 77.1 Å². The summed E-state index contributed by atoms with van der Waals surface area (Å²) < 4.78 is 5.86. The zero-order valence-corrected chi connectivity index (χ0v) is 20.4. The molecular formula is C29H33N3O3. The third kappa shape index (κ3) is 5.28. The van der Waals surface area contributed by atoms with Gasteiger partial charge in [-0.05, 0) is 73.5 Å². The molecule has 2 aliphatic rings. The molecule has 2 heterocycles. The highest BCUT2D eigenvalue weighted by atomic mass is 16.5. The first kappa shape index (κ1) is 23.2. The molecule has 3 aromatic rings. The van der Waals surface area contributed by atoms with Gasteiger partial charge in [-0.2, -0.15) is 0 Å². The number of morpholine rings is 1. The molecule has 3 aromatic carbocycles. The molecule has 0 bridgehead atoms. The molecule has 1 N–H and O–H groups in total. The van der Waals surface area contributed by atoms with Crippen LogP contribution in [0.5, 0.6) is 0 Å². The summed E-state index contributed by atoms with van der Waals surface area (Å²) in [6.07, 6.45) is 0.510. The van der Waals surface area contributed by atoms with Crippen LogP contribution in [0.1, 0.15) is 24.2 Å². The van der Waals surface area contributed by atoms with Gasteiger partial charge in [-0.3, -0.25) is 0 Å². The van der Waals surface area contributed by atoms with Crippen molar-refractivity contribution in [3.8, 4) is 11.1 Å². The number of ether oxygens (including phenoxy) is 1. The van der Waals surface area contributed by atoms with E-state index in [4.69, 9.17) is 9.84 Å². The first-order valence-electron chi connectivity index (χ1n) is 12.4. The van der Waals surface area contributed by atoms with E-state index in [0.717, 1.165) is 45.0 Å². The SMILES string of the molecule is C[C@@H]1CN(c2ccc(-c3ccc(N4CCN(c5ccc(C(=O)O)cc5)CC4)cc3)cc2)C[C@H](C)O1. The highest BCUT2D eigenvalue weighted by Gasteiger charge is 2.22. The molecule has 0 saturated carbocycles. The Bertz CT molecular complexity index is 1130. The van der Waals surface area contributed by atoms with Crippen molar-refractivity contribution < 1.29 is 14.6 Å². The average Bonchev–Trinajstić information content (AvgIpc) is 2.88. The number of rotatable bonds is 5. The van der Waals surface area contributed by atoms with Crippen LogP contribution in [0.2, 0.25) is 0 Å². The van der Waals surface area contributed by atoms with Gasteiger partial charge in [0.2, 0.25) is 0 Å². The second-order valence-corrected chi connectivity index (χ2v) is 9.58. The van der Waals surface area contributed by atoms with Crippen molar-refractivity contribution in [3.05, 3.63) is 78.4 Å². The molecule has 2 fully saturated rings. The van der Waals surface area contributed by atoms with E-state index in [1.54, 1.807) is 12.1 Å². The lowest BCUT2D eigenvalue weighted by Gasteiger charge is -2.37. The lowest BCUT2D eigenvalue weighted by molar-refractivity contribution is -0.00522. The highest BCUT2D eigenvalue weighted by molar-refractivity contribution is 5.88. The summed E-state index contributed by atoms with van der Waals surface area (Å²) in [5.41, 5.74) is 6.35. The maximum absolute atomic E-state index is 11.1. The summed E-state index contributed by atoms with van der Waals surface area (Å²) in [5.74, 6) is -0.887. The Balaban J connectivity index is 1.19. The first-order valence-corrected chi connectivity index (χ1v) is 12.4. The minimum atomic E-state index is -0.887. The van der Waals surface area contributed by atoms with Gasteiger partial charge in [0.25, 0.3) is 0 Å². The largest absolute Gasteiger partial charge is 0.478 e. The average molecular weight is 472 g/mol. The van der Waals surface area contributed by atoms with Gasteiger partial charge in [0, 0.05) is 56.3 Å². The predicted octanol–water partition coefficient (Wildman–Crippen LogP) is 4.99. The Labute approximate surface area is 207 Å². The monoisotopic (exact) mass is 471 g/mol. The Hall–Kier alpha value is -3.51. The molecule has 2 saturated heterocycles. The summed E-state index contributed by atoms with van der Waals surface area (Å²) in [5, 5.41) is 9.10. The van der Waals surface area contributed by atoms with Crippen molar-refractivity contribution in [3.63, 3.8) is 0 Å². The normalized spacial score (nSPS) is 20.7. The molecule has 2 atom stereocenters. The highest BCUT2D eigenvalue weighted by Crippen LogP contribution is 2.28. The standard InChI is InChI=1S/C29H33N3O3/c1-21-19-32(20-22(2)35-21)28-11-5-24(6-12-28)23-3-9-26(10-4-23)30-15-17-31(18-16-30)27-13-7-25(8-14-27)29(33)34/h3-14,21-22H,15-20H2,1-2H3,(H,33,34)/t21-,22+. The fourth-order valence-corrected chi connectivity index (χ4v) is 5.16. The molecule has 0 spiro atoms. The third-order valence-corrected chi connectivity index (χ3v) is 6.98. The number of piperazine rings is 1. The van der Waals surface area contributed by atoms with E-state index >= 15 is 0 Å². The minimum absolute atomic E-state index is 0.255. The van der Waals surface area contributed by atoms with Gasteiger partial charge < -0.3 is 24.5 Å². The fraction of sp³-hybridized carbons (Fsp3) is 0.345. The lowest BCUT2D eigenvalue weighted by atomic mass is 10.0. The van der Waals surface area contributed by atoms with E-state index < -0.39 is 5.97 Å². The number of carboxylic acids is 1. The Morgan fingerprint density at radius 3 is 1.43 bits per heavy atom. The van der Waals surface area contributed by atoms with Crippen LogP contribution in [0.4, 0.5) is 17.1 Å². The number of benzene rings is 3. The number of nitrogens with zero attached hydrogens (tertiary/aromatic N) is 3. The number of carbonyl (C=O) groups is 1. The summed E-state index contributed by atoms with van der Waals surface area (Å²) in [4.78, 5) is 18.2. The topological polar surface area (TPSA) is 56.2 Å². The maximum Gasteiger partial charge on any atom is 0.335 e. The third-order valence-electron chi connectivity index (χ3n) is 6.98. The fourth-order valence-electron chi connectivity index (χ4n) is 5.16. The van der Waals surface area contributed by atoms with Gasteiger partial charge >= 0.3 is 5.97 Å². The lowest BCUT2D eigenvalue weighted by Crippen LogP contribution is -2.46. The smallest absolute Gasteiger partial charge is 0.335 e. The maximum atomic E-state index is 11.1. The van der Waals surface area contributed by atoms with Gasteiger partial charge in [0.15, 0.2) is 0 Å². The van der Waals surface area contributed by atoms with Crippen molar-refractivity contribution in [1.29, 1.82) is 0 Å². The molecule has 182 valence electrons. The van der Waals surface area contributed by atoms with Crippen molar-refractivity contribution in [2.24, 2.45) is 0 Å². The molecule has 6 nitrogen and oxygen atoms in total. The summed E-state index contributed by atoms with van der Waals surface area (Å²) in [7, 11) is 0. The molecule has 0 aliphatic carbocycles. The second-order valence-electron chi connectivity index (χ2n) is 9.58. The van der Waals surface area contributed by atoms with E-state index in [1.807, 2.05) is 12.1 Å². The molecule has 0 unspecified atom stereocenters. The molecule has 5 rings (SSSR count). The van der Waals surface area contributed by atoms with Gasteiger partial charge in [-0.15, -0.1) is 0 Å². The van der Waals surface area contributed by atoms with E-state index in [-0.39, 0.29) is 12.2 Å². The van der Waals surface area contributed by atoms with Crippen molar-refractivity contribution in [1.82, 2.24) is 0 Å². The van der Waals surface area contributed by atoms with E-state index in [1.165, 1.54) is 22.5 Å². The number of anilines is 3. The quantitative estimate of drug-likeness (QED) is 0.566. The molecule has 35 heavy (non-hydrogen) atoms. The molecule has 0 radical (unpaired) electrons. The number of aromatic carboxylic acids is 1. The first-order chi connectivity index (χ1) is 17.0. The van der Waals surface area contributed by atoms with E-state index in [9.17, 15) is 4.79 Å². The molecule has 0 aromatic heterocycles. The second kappa shape index (κ2) is 10.0. The molecule has 0 amide bonds. The van der Waals surface area contributed by atoms with Crippen LogP contribution in [0, 0.1) is 0 Å². The van der Waals surface area contributed by atoms with Gasteiger partial charge in [0.05, 0.1) is 17.8 Å². The van der Waals surface area contributed by atoms with Crippen molar-refractivity contribution in [2.45, 2.75) is 26.1 Å². The number of carboxylic acid groups (broad SMARTS) is 1. The zero-order valence-electron chi connectivity index (χ0n) is 20.4. The Morgan fingerprint density at radius 1 is 0.657 bits per heavy atom. The van der Waals surface area contributed by atoms with Crippen molar-refractivity contribution >= 4 is 23.0 Å². The Kier molecular flexibility index (Phi) is 6.64. The number of hydrogen-bond acceptors (Lipinski definition) is 5. The number of hydrogen-bond donors (Lipinski definition) is 1. The van der Waals surface area contributed by atoms with Crippen LogP contribution in [-0.2, 0) is 4.74 Å².